The molecular formula is C10H15BrN2O4S2. The number of amides is 1. The predicted molar refractivity (Wildman–Crippen MR) is 76.7 cm³/mol. The fraction of sp³-hybridized carbons (Fsp3) is 0.500. The third kappa shape index (κ3) is 5.19. The van der Waals surface area contributed by atoms with Crippen molar-refractivity contribution in [1.29, 1.82) is 0 Å². The molecule has 0 saturated heterocycles. The van der Waals surface area contributed by atoms with E-state index in [9.17, 15) is 13.2 Å². The van der Waals surface area contributed by atoms with Crippen LogP contribution in [0.5, 0.6) is 0 Å². The van der Waals surface area contributed by atoms with Gasteiger partial charge in [0.05, 0.1) is 16.4 Å². The van der Waals surface area contributed by atoms with Crippen LogP contribution < -0.4 is 10.0 Å². The van der Waals surface area contributed by atoms with Gasteiger partial charge in [0.25, 0.3) is 10.0 Å². The number of carbonyl (C=O) groups is 1. The van der Waals surface area contributed by atoms with Gasteiger partial charge in [0.15, 0.2) is 0 Å². The van der Waals surface area contributed by atoms with Gasteiger partial charge in [0.1, 0.15) is 4.21 Å². The number of methoxy groups -OCH3 is 1. The Morgan fingerprint density at radius 2 is 2.21 bits per heavy atom. The second-order valence-corrected chi connectivity index (χ2v) is 8.09. The van der Waals surface area contributed by atoms with E-state index in [2.05, 4.69) is 26.0 Å². The number of carbonyl (C=O) groups excluding carboxylic acids is 1. The highest BCUT2D eigenvalue weighted by molar-refractivity contribution is 9.11. The van der Waals surface area contributed by atoms with Crippen LogP contribution in [0.15, 0.2) is 20.1 Å². The number of nitrogens with one attached hydrogen (secondary N) is 2. The van der Waals surface area contributed by atoms with E-state index in [1.165, 1.54) is 20.1 Å². The summed E-state index contributed by atoms with van der Waals surface area (Å²) >= 11 is 4.28. The summed E-state index contributed by atoms with van der Waals surface area (Å²) in [6.45, 7) is 2.21. The smallest absolute Gasteiger partial charge is 0.250 e. The van der Waals surface area contributed by atoms with E-state index >= 15 is 0 Å². The minimum Gasteiger partial charge on any atom is -0.383 e. The Morgan fingerprint density at radius 3 is 2.74 bits per heavy atom. The largest absolute Gasteiger partial charge is 0.383 e. The van der Waals surface area contributed by atoms with E-state index in [4.69, 9.17) is 4.74 Å². The Hall–Kier alpha value is -0.480. The Bertz CT molecular complexity index is 529. The van der Waals surface area contributed by atoms with Gasteiger partial charge in [-0.15, -0.1) is 11.3 Å². The van der Waals surface area contributed by atoms with E-state index in [-0.39, 0.29) is 4.21 Å². The molecule has 0 bridgehead atoms. The topological polar surface area (TPSA) is 84.5 Å². The molecule has 6 nitrogen and oxygen atoms in total. The van der Waals surface area contributed by atoms with E-state index in [0.717, 1.165) is 11.3 Å². The lowest BCUT2D eigenvalue weighted by atomic mass is 10.3. The molecule has 0 aromatic carbocycles. The molecule has 1 aromatic heterocycles. The molecule has 0 spiro atoms. The van der Waals surface area contributed by atoms with Gasteiger partial charge in [-0.3, -0.25) is 4.79 Å². The second kappa shape index (κ2) is 7.34. The van der Waals surface area contributed by atoms with Crippen molar-refractivity contribution in [3.63, 3.8) is 0 Å². The molecule has 9 heteroatoms. The second-order valence-electron chi connectivity index (χ2n) is 3.69. The van der Waals surface area contributed by atoms with Crippen molar-refractivity contribution in [3.8, 4) is 0 Å². The molecule has 0 fully saturated rings. The van der Waals surface area contributed by atoms with Crippen molar-refractivity contribution in [2.24, 2.45) is 0 Å². The monoisotopic (exact) mass is 370 g/mol. The highest BCUT2D eigenvalue weighted by Gasteiger charge is 2.23. The maximum atomic E-state index is 12.0. The normalized spacial score (nSPS) is 13.2. The van der Waals surface area contributed by atoms with E-state index in [0.29, 0.717) is 16.9 Å². The number of hydrogen-bond acceptors (Lipinski definition) is 5. The zero-order chi connectivity index (χ0) is 14.5. The van der Waals surface area contributed by atoms with Gasteiger partial charge >= 0.3 is 0 Å². The molecule has 19 heavy (non-hydrogen) atoms. The summed E-state index contributed by atoms with van der Waals surface area (Å²) in [7, 11) is -2.15. The van der Waals surface area contributed by atoms with Crippen molar-refractivity contribution in [3.05, 3.63) is 15.9 Å². The lowest BCUT2D eigenvalue weighted by Crippen LogP contribution is -2.45. The van der Waals surface area contributed by atoms with Gasteiger partial charge in [-0.1, -0.05) is 0 Å². The molecule has 1 heterocycles. The predicted octanol–water partition coefficient (Wildman–Crippen LogP) is 0.940. The van der Waals surface area contributed by atoms with E-state index in [1.807, 2.05) is 0 Å². The highest BCUT2D eigenvalue weighted by atomic mass is 79.9. The molecule has 1 rings (SSSR count). The van der Waals surface area contributed by atoms with Gasteiger partial charge in [-0.25, -0.2) is 8.42 Å². The zero-order valence-electron chi connectivity index (χ0n) is 10.5. The first kappa shape index (κ1) is 16.6. The SMILES string of the molecule is COCCNC(=O)C(C)NS(=O)(=O)c1ccc(Br)s1. The van der Waals surface area contributed by atoms with E-state index < -0.39 is 22.0 Å². The molecule has 0 aliphatic heterocycles. The molecule has 1 unspecified atom stereocenters. The minimum atomic E-state index is -3.67. The highest BCUT2D eigenvalue weighted by Crippen LogP contribution is 2.25. The lowest BCUT2D eigenvalue weighted by molar-refractivity contribution is -0.122. The zero-order valence-corrected chi connectivity index (χ0v) is 13.7. The van der Waals surface area contributed by atoms with Crippen LogP contribution in [0.2, 0.25) is 0 Å². The lowest BCUT2D eigenvalue weighted by Gasteiger charge is -2.13. The number of rotatable bonds is 7. The molecule has 108 valence electrons. The molecule has 1 atom stereocenters. The molecule has 0 radical (unpaired) electrons. The summed E-state index contributed by atoms with van der Waals surface area (Å²) in [5.41, 5.74) is 0. The summed E-state index contributed by atoms with van der Waals surface area (Å²) in [4.78, 5) is 11.6. The summed E-state index contributed by atoms with van der Waals surface area (Å²) < 4.78 is 31.9. The number of ether oxygens (including phenoxy) is 1. The van der Waals surface area contributed by atoms with Gasteiger partial charge in [0, 0.05) is 13.7 Å². The van der Waals surface area contributed by atoms with Crippen LogP contribution in [-0.4, -0.2) is 40.6 Å². The minimum absolute atomic E-state index is 0.163. The number of halogens is 1. The summed E-state index contributed by atoms with van der Waals surface area (Å²) in [6.07, 6.45) is 0. The molecule has 2 N–H and O–H groups in total. The standard InChI is InChI=1S/C10H15BrN2O4S2/c1-7(10(14)12-5-6-17-2)13-19(15,16)9-4-3-8(11)18-9/h3-4,7,13H,5-6H2,1-2H3,(H,12,14). The van der Waals surface area contributed by atoms with Crippen LogP contribution >= 0.6 is 27.3 Å². The van der Waals surface area contributed by atoms with Gasteiger partial charge < -0.3 is 10.1 Å². The van der Waals surface area contributed by atoms with Crippen LogP contribution in [0.3, 0.4) is 0 Å². The third-order valence-electron chi connectivity index (χ3n) is 2.14. The molecule has 0 aliphatic rings. The van der Waals surface area contributed by atoms with Crippen LogP contribution in [0.4, 0.5) is 0 Å². The summed E-state index contributed by atoms with van der Waals surface area (Å²) in [6, 6.07) is 2.28. The first-order valence-electron chi connectivity index (χ1n) is 5.41. The van der Waals surface area contributed by atoms with Gasteiger partial charge in [0.2, 0.25) is 5.91 Å². The molecule has 1 aromatic rings. The Balaban J connectivity index is 2.60. The fourth-order valence-electron chi connectivity index (χ4n) is 1.22. The maximum Gasteiger partial charge on any atom is 0.250 e. The average molecular weight is 371 g/mol. The van der Waals surface area contributed by atoms with E-state index in [1.54, 1.807) is 6.07 Å². The Labute approximate surface area is 124 Å². The van der Waals surface area contributed by atoms with Gasteiger partial charge in [-0.2, -0.15) is 4.72 Å². The molecular weight excluding hydrogens is 356 g/mol. The maximum absolute atomic E-state index is 12.0. The quantitative estimate of drug-likeness (QED) is 0.699. The van der Waals surface area contributed by atoms with Crippen molar-refractivity contribution in [2.45, 2.75) is 17.2 Å². The molecule has 1 amide bonds. The third-order valence-corrected chi connectivity index (χ3v) is 5.80. The van der Waals surface area contributed by atoms with Crippen molar-refractivity contribution in [2.75, 3.05) is 20.3 Å². The fourth-order valence-corrected chi connectivity index (χ4v) is 4.45. The van der Waals surface area contributed by atoms with Gasteiger partial charge in [-0.05, 0) is 35.0 Å². The number of thiophene rings is 1. The van der Waals surface area contributed by atoms with Crippen LogP contribution in [0.1, 0.15) is 6.92 Å². The summed E-state index contributed by atoms with van der Waals surface area (Å²) in [5.74, 6) is -0.392. The van der Waals surface area contributed by atoms with Crippen molar-refractivity contribution < 1.29 is 17.9 Å². The Morgan fingerprint density at radius 1 is 1.53 bits per heavy atom. The summed E-state index contributed by atoms with van der Waals surface area (Å²) in [5, 5.41) is 2.57. The number of hydrogen-bond donors (Lipinski definition) is 2. The molecule has 0 saturated carbocycles. The Kier molecular flexibility index (Phi) is 6.40. The van der Waals surface area contributed by atoms with Crippen LogP contribution in [0.25, 0.3) is 0 Å². The number of sulfonamides is 1. The average Bonchev–Trinajstić information content (AvgIpc) is 2.76. The first-order valence-corrected chi connectivity index (χ1v) is 8.50. The van der Waals surface area contributed by atoms with Crippen LogP contribution in [-0.2, 0) is 19.6 Å². The first-order chi connectivity index (χ1) is 8.86. The van der Waals surface area contributed by atoms with Crippen LogP contribution in [0, 0.1) is 0 Å². The van der Waals surface area contributed by atoms with Crippen molar-refractivity contribution >= 4 is 43.2 Å². The van der Waals surface area contributed by atoms with Crippen molar-refractivity contribution in [1.82, 2.24) is 10.0 Å². The molecule has 0 aliphatic carbocycles.